The first-order valence-electron chi connectivity index (χ1n) is 6.23. The van der Waals surface area contributed by atoms with E-state index in [-0.39, 0.29) is 0 Å². The van der Waals surface area contributed by atoms with Crippen LogP contribution in [0.5, 0.6) is 5.75 Å². The van der Waals surface area contributed by atoms with Gasteiger partial charge in [0.25, 0.3) is 0 Å². The molecule has 17 heavy (non-hydrogen) atoms. The monoisotopic (exact) mass is 251 g/mol. The van der Waals surface area contributed by atoms with Gasteiger partial charge in [-0.3, -0.25) is 0 Å². The van der Waals surface area contributed by atoms with E-state index in [9.17, 15) is 0 Å². The summed E-state index contributed by atoms with van der Waals surface area (Å²) in [5, 5.41) is 4.18. The summed E-state index contributed by atoms with van der Waals surface area (Å²) >= 11 is 2.01. The normalized spacial score (nSPS) is 20.3. The van der Waals surface area contributed by atoms with Crippen molar-refractivity contribution >= 4 is 11.8 Å². The van der Waals surface area contributed by atoms with Gasteiger partial charge >= 0.3 is 0 Å². The number of thioether (sulfide) groups is 1. The van der Waals surface area contributed by atoms with Crippen molar-refractivity contribution in [3.63, 3.8) is 0 Å². The lowest BCUT2D eigenvalue weighted by Gasteiger charge is -2.23. The van der Waals surface area contributed by atoms with E-state index in [1.165, 1.54) is 35.4 Å². The zero-order valence-corrected chi connectivity index (χ0v) is 11.7. The van der Waals surface area contributed by atoms with Crippen LogP contribution in [0.1, 0.15) is 24.0 Å². The smallest absolute Gasteiger partial charge is 0.122 e. The summed E-state index contributed by atoms with van der Waals surface area (Å²) in [5.74, 6) is 0.994. The van der Waals surface area contributed by atoms with Gasteiger partial charge in [0.1, 0.15) is 5.75 Å². The van der Waals surface area contributed by atoms with Crippen LogP contribution in [0.3, 0.4) is 0 Å². The lowest BCUT2D eigenvalue weighted by Crippen LogP contribution is -2.31. The molecule has 1 aromatic carbocycles. The second-order valence-corrected chi connectivity index (χ2v) is 6.02. The van der Waals surface area contributed by atoms with Gasteiger partial charge in [0.2, 0.25) is 0 Å². The molecule has 0 bridgehead atoms. The van der Waals surface area contributed by atoms with Crippen LogP contribution < -0.4 is 10.1 Å². The highest BCUT2D eigenvalue weighted by atomic mass is 32.2. The standard InChI is InChI=1S/C14H21NOS/c1-10-8-14(11(2)7-13(10)16-3)17-12-5-4-6-15-9-12/h7-8,12,15H,4-6,9H2,1-3H3. The summed E-state index contributed by atoms with van der Waals surface area (Å²) in [7, 11) is 1.74. The lowest BCUT2D eigenvalue weighted by atomic mass is 10.1. The van der Waals surface area contributed by atoms with Crippen LogP contribution in [-0.2, 0) is 0 Å². The van der Waals surface area contributed by atoms with E-state index in [1.807, 2.05) is 11.8 Å². The summed E-state index contributed by atoms with van der Waals surface area (Å²) in [5.41, 5.74) is 2.55. The van der Waals surface area contributed by atoms with E-state index >= 15 is 0 Å². The highest BCUT2D eigenvalue weighted by Gasteiger charge is 2.16. The highest BCUT2D eigenvalue weighted by Crippen LogP contribution is 2.33. The molecule has 2 nitrogen and oxygen atoms in total. The van der Waals surface area contributed by atoms with Gasteiger partial charge in [-0.05, 0) is 56.5 Å². The van der Waals surface area contributed by atoms with Gasteiger partial charge < -0.3 is 10.1 Å². The number of aryl methyl sites for hydroxylation is 2. The minimum absolute atomic E-state index is 0.718. The largest absolute Gasteiger partial charge is 0.496 e. The Balaban J connectivity index is 2.12. The molecule has 0 aromatic heterocycles. The average molecular weight is 251 g/mol. The summed E-state index contributed by atoms with van der Waals surface area (Å²) < 4.78 is 5.35. The molecule has 0 radical (unpaired) electrons. The van der Waals surface area contributed by atoms with Crippen molar-refractivity contribution in [2.45, 2.75) is 36.8 Å². The van der Waals surface area contributed by atoms with Gasteiger partial charge in [-0.1, -0.05) is 0 Å². The second kappa shape index (κ2) is 5.78. The van der Waals surface area contributed by atoms with Crippen molar-refractivity contribution < 1.29 is 4.74 Å². The molecule has 1 heterocycles. The number of ether oxygens (including phenoxy) is 1. The van der Waals surface area contributed by atoms with Crippen LogP contribution in [0.25, 0.3) is 0 Å². The molecular formula is C14H21NOS. The minimum atomic E-state index is 0.718. The van der Waals surface area contributed by atoms with Crippen LogP contribution in [-0.4, -0.2) is 25.4 Å². The van der Waals surface area contributed by atoms with Gasteiger partial charge in [0.05, 0.1) is 7.11 Å². The molecule has 1 fully saturated rings. The molecule has 2 rings (SSSR count). The van der Waals surface area contributed by atoms with Gasteiger partial charge in [0.15, 0.2) is 0 Å². The maximum atomic E-state index is 5.35. The Labute approximate surface area is 108 Å². The Kier molecular flexibility index (Phi) is 4.35. The third-order valence-electron chi connectivity index (χ3n) is 3.24. The summed E-state index contributed by atoms with van der Waals surface area (Å²) in [6, 6.07) is 4.40. The van der Waals surface area contributed by atoms with Crippen molar-refractivity contribution in [2.24, 2.45) is 0 Å². The topological polar surface area (TPSA) is 21.3 Å². The molecule has 1 aliphatic heterocycles. The molecule has 0 spiro atoms. The maximum Gasteiger partial charge on any atom is 0.122 e. The van der Waals surface area contributed by atoms with Gasteiger partial charge in [0, 0.05) is 16.7 Å². The number of rotatable bonds is 3. The Hall–Kier alpha value is -0.670. The molecule has 94 valence electrons. The molecular weight excluding hydrogens is 230 g/mol. The number of nitrogens with one attached hydrogen (secondary N) is 1. The fourth-order valence-electron chi connectivity index (χ4n) is 2.21. The molecule has 3 heteroatoms. The molecule has 0 saturated carbocycles. The number of hydrogen-bond donors (Lipinski definition) is 1. The molecule has 1 N–H and O–H groups in total. The van der Waals surface area contributed by atoms with Crippen molar-refractivity contribution in [3.05, 3.63) is 23.3 Å². The number of piperidine rings is 1. The van der Waals surface area contributed by atoms with Crippen molar-refractivity contribution in [2.75, 3.05) is 20.2 Å². The van der Waals surface area contributed by atoms with Crippen LogP contribution >= 0.6 is 11.8 Å². The van der Waals surface area contributed by atoms with Gasteiger partial charge in [-0.25, -0.2) is 0 Å². The van der Waals surface area contributed by atoms with Crippen molar-refractivity contribution in [1.82, 2.24) is 5.32 Å². The molecule has 1 aliphatic rings. The second-order valence-electron chi connectivity index (χ2n) is 4.67. The number of benzene rings is 1. The fraction of sp³-hybridized carbons (Fsp3) is 0.571. The quantitative estimate of drug-likeness (QED) is 0.891. The van der Waals surface area contributed by atoms with Gasteiger partial charge in [-0.2, -0.15) is 0 Å². The zero-order chi connectivity index (χ0) is 12.3. The first kappa shape index (κ1) is 12.8. The number of hydrogen-bond acceptors (Lipinski definition) is 3. The van der Waals surface area contributed by atoms with Crippen LogP contribution in [0.15, 0.2) is 17.0 Å². The molecule has 0 aliphatic carbocycles. The first-order valence-corrected chi connectivity index (χ1v) is 7.11. The van der Waals surface area contributed by atoms with Crippen molar-refractivity contribution in [3.8, 4) is 5.75 Å². The Morgan fingerprint density at radius 1 is 1.29 bits per heavy atom. The minimum Gasteiger partial charge on any atom is -0.496 e. The number of methoxy groups -OCH3 is 1. The fourth-order valence-corrected chi connectivity index (χ4v) is 3.54. The summed E-state index contributed by atoms with van der Waals surface area (Å²) in [6.45, 7) is 6.59. The SMILES string of the molecule is COc1cc(C)c(SC2CCCNC2)cc1C. The lowest BCUT2D eigenvalue weighted by molar-refractivity contribution is 0.411. The average Bonchev–Trinajstić information content (AvgIpc) is 2.34. The summed E-state index contributed by atoms with van der Waals surface area (Å²) in [6.07, 6.45) is 2.62. The molecule has 0 amide bonds. The van der Waals surface area contributed by atoms with E-state index in [2.05, 4.69) is 31.3 Å². The molecule has 1 saturated heterocycles. The van der Waals surface area contributed by atoms with Crippen LogP contribution in [0.2, 0.25) is 0 Å². The van der Waals surface area contributed by atoms with E-state index in [0.717, 1.165) is 17.5 Å². The predicted molar refractivity (Wildman–Crippen MR) is 74.2 cm³/mol. The molecule has 1 atom stereocenters. The first-order chi connectivity index (χ1) is 8.20. The third-order valence-corrected chi connectivity index (χ3v) is 4.67. The van der Waals surface area contributed by atoms with Crippen LogP contribution in [0, 0.1) is 13.8 Å². The molecule has 1 aromatic rings. The summed E-state index contributed by atoms with van der Waals surface area (Å²) in [4.78, 5) is 1.40. The van der Waals surface area contributed by atoms with E-state index in [0.29, 0.717) is 0 Å². The van der Waals surface area contributed by atoms with E-state index in [1.54, 1.807) is 7.11 Å². The van der Waals surface area contributed by atoms with Gasteiger partial charge in [-0.15, -0.1) is 11.8 Å². The Morgan fingerprint density at radius 2 is 2.12 bits per heavy atom. The third kappa shape index (κ3) is 3.17. The van der Waals surface area contributed by atoms with Crippen molar-refractivity contribution in [1.29, 1.82) is 0 Å². The van der Waals surface area contributed by atoms with E-state index < -0.39 is 0 Å². The molecule has 1 unspecified atom stereocenters. The van der Waals surface area contributed by atoms with Crippen LogP contribution in [0.4, 0.5) is 0 Å². The highest BCUT2D eigenvalue weighted by molar-refractivity contribution is 8.00. The van der Waals surface area contributed by atoms with E-state index in [4.69, 9.17) is 4.74 Å². The Morgan fingerprint density at radius 3 is 2.76 bits per heavy atom. The predicted octanol–water partition coefficient (Wildman–Crippen LogP) is 3.16. The maximum absolute atomic E-state index is 5.35. The zero-order valence-electron chi connectivity index (χ0n) is 10.9. The Bertz CT molecular complexity index is 386.